The van der Waals surface area contributed by atoms with Gasteiger partial charge in [-0.25, -0.2) is 0 Å². The topological polar surface area (TPSA) is 34.1 Å². The molecule has 0 aliphatic rings. The highest BCUT2D eigenvalue weighted by Crippen LogP contribution is 2.36. The lowest BCUT2D eigenvalue weighted by Crippen LogP contribution is -2.18. The molecule has 0 saturated carbocycles. The van der Waals surface area contributed by atoms with Crippen LogP contribution in [0.15, 0.2) is 60.7 Å². The molecule has 0 unspecified atom stereocenters. The monoisotopic (exact) mass is 576 g/mol. The molecular formula is C16H10Br3Cl3O2. The smallest absolute Gasteiger partial charge is 0.253 e. The molecule has 0 bridgehead atoms. The molecule has 128 valence electrons. The Hall–Kier alpha value is 0.0900. The second-order valence-electron chi connectivity index (χ2n) is 4.39. The van der Waals surface area contributed by atoms with Crippen LogP contribution in [0.25, 0.3) is 0 Å². The largest absolute Gasteiger partial charge is 0.291 e. The molecule has 0 aromatic heterocycles. The van der Waals surface area contributed by atoms with Crippen LogP contribution in [-0.4, -0.2) is 17.5 Å². The maximum Gasteiger partial charge on any atom is 0.253 e. The second kappa shape index (κ2) is 9.70. The molecule has 2 rings (SSSR count). The molecule has 2 aromatic carbocycles. The molecule has 2 aromatic rings. The number of halogens is 6. The molecule has 8 heteroatoms. The highest BCUT2D eigenvalue weighted by atomic mass is 80.0. The van der Waals surface area contributed by atoms with Gasteiger partial charge in [0.1, 0.15) is 0 Å². The van der Waals surface area contributed by atoms with E-state index in [0.29, 0.717) is 11.1 Å². The van der Waals surface area contributed by atoms with Crippen molar-refractivity contribution in [1.82, 2.24) is 0 Å². The van der Waals surface area contributed by atoms with Crippen LogP contribution in [0, 0.1) is 0 Å². The summed E-state index contributed by atoms with van der Waals surface area (Å²) in [4.78, 5) is 22.8. The standard InChI is InChI=1S/C8H5Br3O.C8H5Cl3O/c2*9-8(10,11)7(12)6-4-2-1-3-5-6/h2*1-5H. The Morgan fingerprint density at radius 1 is 0.667 bits per heavy atom. The lowest BCUT2D eigenvalue weighted by molar-refractivity contribution is 0.0992. The molecule has 0 atom stereocenters. The third-order valence-electron chi connectivity index (χ3n) is 2.59. The summed E-state index contributed by atoms with van der Waals surface area (Å²) in [5.41, 5.74) is 1.06. The van der Waals surface area contributed by atoms with Gasteiger partial charge in [0.05, 0.1) is 0 Å². The molecule has 0 fully saturated rings. The van der Waals surface area contributed by atoms with Gasteiger partial charge in [-0.15, -0.1) is 0 Å². The van der Waals surface area contributed by atoms with Crippen molar-refractivity contribution in [2.45, 2.75) is 5.94 Å². The van der Waals surface area contributed by atoms with Crippen molar-refractivity contribution in [1.29, 1.82) is 0 Å². The molecule has 0 aliphatic heterocycles. The predicted octanol–water partition coefficient (Wildman–Crippen LogP) is 6.95. The van der Waals surface area contributed by atoms with E-state index in [-0.39, 0.29) is 5.78 Å². The number of alkyl halides is 6. The van der Waals surface area contributed by atoms with Crippen molar-refractivity contribution in [3.05, 3.63) is 71.8 Å². The minimum absolute atomic E-state index is 0.0527. The number of ketones is 2. The molecular weight excluding hydrogens is 570 g/mol. The SMILES string of the molecule is O=C(c1ccccc1)C(Br)(Br)Br.O=C(c1ccccc1)C(Cl)(Cl)Cl. The first-order valence-corrected chi connectivity index (χ1v) is 9.88. The zero-order valence-corrected chi connectivity index (χ0v) is 18.9. The van der Waals surface area contributed by atoms with Gasteiger partial charge in [0.25, 0.3) is 3.79 Å². The Bertz CT molecular complexity index is 620. The van der Waals surface area contributed by atoms with E-state index < -0.39 is 11.7 Å². The molecule has 0 amide bonds. The van der Waals surface area contributed by atoms with Crippen molar-refractivity contribution >= 4 is 94.2 Å². The van der Waals surface area contributed by atoms with Crippen LogP contribution >= 0.6 is 82.6 Å². The number of hydrogen-bond donors (Lipinski definition) is 0. The molecule has 0 N–H and O–H groups in total. The van der Waals surface area contributed by atoms with Crippen LogP contribution in [-0.2, 0) is 0 Å². The summed E-state index contributed by atoms with van der Waals surface area (Å²) >= 11 is 25.7. The first-order valence-electron chi connectivity index (χ1n) is 6.36. The van der Waals surface area contributed by atoms with E-state index in [2.05, 4.69) is 47.8 Å². The molecule has 24 heavy (non-hydrogen) atoms. The molecule has 0 aliphatic carbocycles. The fourth-order valence-corrected chi connectivity index (χ4v) is 2.52. The number of carbonyl (C=O) groups excluding carboxylic acids is 2. The summed E-state index contributed by atoms with van der Waals surface area (Å²) in [6.45, 7) is 0. The molecule has 0 spiro atoms. The molecule has 0 radical (unpaired) electrons. The number of benzene rings is 2. The fraction of sp³-hybridized carbons (Fsp3) is 0.125. The van der Waals surface area contributed by atoms with E-state index in [1.807, 2.05) is 18.2 Å². The Labute approximate surface area is 180 Å². The Balaban J connectivity index is 0.000000240. The van der Waals surface area contributed by atoms with E-state index >= 15 is 0 Å². The summed E-state index contributed by atoms with van der Waals surface area (Å²) in [6, 6.07) is 17.5. The zero-order valence-electron chi connectivity index (χ0n) is 11.9. The van der Waals surface area contributed by atoms with Crippen molar-refractivity contribution in [3.8, 4) is 0 Å². The molecule has 0 heterocycles. The Kier molecular flexibility index (Phi) is 8.94. The van der Waals surface area contributed by atoms with Crippen LogP contribution in [0.4, 0.5) is 0 Å². The van der Waals surface area contributed by atoms with Crippen molar-refractivity contribution in [3.63, 3.8) is 0 Å². The summed E-state index contributed by atoms with van der Waals surface area (Å²) in [5, 5.41) is 0. The average molecular weight is 580 g/mol. The van der Waals surface area contributed by atoms with Gasteiger partial charge >= 0.3 is 0 Å². The minimum Gasteiger partial charge on any atom is -0.291 e. The van der Waals surface area contributed by atoms with Gasteiger partial charge in [-0.05, 0) is 0 Å². The number of Topliss-reactive ketones (excluding diaryl/α,β-unsaturated/α-hetero) is 2. The van der Waals surface area contributed by atoms with Gasteiger partial charge < -0.3 is 0 Å². The highest BCUT2D eigenvalue weighted by Gasteiger charge is 2.31. The van der Waals surface area contributed by atoms with Crippen LogP contribution in [0.5, 0.6) is 0 Å². The van der Waals surface area contributed by atoms with E-state index in [1.54, 1.807) is 42.5 Å². The lowest BCUT2D eigenvalue weighted by Gasteiger charge is -2.09. The summed E-state index contributed by atoms with van der Waals surface area (Å²) < 4.78 is -2.70. The summed E-state index contributed by atoms with van der Waals surface area (Å²) in [6.07, 6.45) is 0. The minimum atomic E-state index is -1.86. The quantitative estimate of drug-likeness (QED) is 0.285. The summed E-state index contributed by atoms with van der Waals surface area (Å²) in [5.74, 6) is -0.559. The molecule has 0 saturated heterocycles. The fourth-order valence-electron chi connectivity index (χ4n) is 1.51. The summed E-state index contributed by atoms with van der Waals surface area (Å²) in [7, 11) is 0. The third kappa shape index (κ3) is 7.54. The molecule has 2 nitrogen and oxygen atoms in total. The predicted molar refractivity (Wildman–Crippen MR) is 111 cm³/mol. The van der Waals surface area contributed by atoms with E-state index in [4.69, 9.17) is 34.8 Å². The average Bonchev–Trinajstić information content (AvgIpc) is 2.54. The van der Waals surface area contributed by atoms with Crippen molar-refractivity contribution < 1.29 is 9.59 Å². The van der Waals surface area contributed by atoms with Crippen LogP contribution in [0.2, 0.25) is 0 Å². The van der Waals surface area contributed by atoms with Crippen molar-refractivity contribution in [2.75, 3.05) is 0 Å². The number of carbonyl (C=O) groups is 2. The first-order chi connectivity index (χ1) is 11.0. The van der Waals surface area contributed by atoms with Gasteiger partial charge in [0, 0.05) is 11.1 Å². The van der Waals surface area contributed by atoms with Gasteiger partial charge in [-0.1, -0.05) is 143 Å². The number of hydrogen-bond acceptors (Lipinski definition) is 2. The lowest BCUT2D eigenvalue weighted by atomic mass is 10.1. The Morgan fingerprint density at radius 3 is 1.29 bits per heavy atom. The normalized spacial score (nSPS) is 11.2. The van der Waals surface area contributed by atoms with Gasteiger partial charge in [0.2, 0.25) is 11.6 Å². The van der Waals surface area contributed by atoms with E-state index in [9.17, 15) is 9.59 Å². The maximum atomic E-state index is 11.5. The third-order valence-corrected chi connectivity index (χ3v) is 4.18. The van der Waals surface area contributed by atoms with Crippen LogP contribution in [0.1, 0.15) is 20.7 Å². The zero-order chi connectivity index (χ0) is 18.4. The highest BCUT2D eigenvalue weighted by molar-refractivity contribution is 9.40. The van der Waals surface area contributed by atoms with Gasteiger partial charge in [-0.2, -0.15) is 0 Å². The number of rotatable bonds is 2. The Morgan fingerprint density at radius 2 is 1.00 bits per heavy atom. The van der Waals surface area contributed by atoms with E-state index in [1.165, 1.54) is 0 Å². The van der Waals surface area contributed by atoms with Crippen LogP contribution < -0.4 is 0 Å². The van der Waals surface area contributed by atoms with Crippen molar-refractivity contribution in [2.24, 2.45) is 0 Å². The second-order valence-corrected chi connectivity index (χ2v) is 13.4. The first kappa shape index (κ1) is 22.1. The maximum absolute atomic E-state index is 11.5. The van der Waals surface area contributed by atoms with Gasteiger partial charge in [-0.3, -0.25) is 9.59 Å². The van der Waals surface area contributed by atoms with E-state index in [0.717, 1.165) is 0 Å². The van der Waals surface area contributed by atoms with Crippen LogP contribution in [0.3, 0.4) is 0 Å². The van der Waals surface area contributed by atoms with Gasteiger partial charge in [0.15, 0.2) is 2.14 Å².